The molecule has 1 rings (SSSR count). The summed E-state index contributed by atoms with van der Waals surface area (Å²) < 4.78 is 4.91. The molecule has 0 bridgehead atoms. The summed E-state index contributed by atoms with van der Waals surface area (Å²) in [6.45, 7) is 0. The van der Waals surface area contributed by atoms with Crippen LogP contribution in [0.3, 0.4) is 0 Å². The Balaban J connectivity index is -0.0000000231. The number of hydrogen-bond acceptors (Lipinski definition) is 2. The molecule has 0 saturated carbocycles. The van der Waals surface area contributed by atoms with Crippen LogP contribution in [0.4, 0.5) is 5.69 Å². The first kappa shape index (κ1) is 45.6. The predicted octanol–water partition coefficient (Wildman–Crippen LogP) is 5.58. The van der Waals surface area contributed by atoms with E-state index in [9.17, 15) is 0 Å². The van der Waals surface area contributed by atoms with Gasteiger partial charge in [0.05, 0.1) is 7.11 Å². The standard InChI is InChI=1S/C7H9NO.6H2N.Ru/c1-9-7-4-2-6(8)3-5-7;;;;;;;/h2-5H,8H2,1H3;6*1H2;/q;6*-1;+6. The molecule has 0 aliphatic rings. The summed E-state index contributed by atoms with van der Waals surface area (Å²) in [5, 5.41) is 0. The molecule has 0 aliphatic heterocycles. The quantitative estimate of drug-likeness (QED) is 0.514. The number of rotatable bonds is 1. The molecule has 0 radical (unpaired) electrons. The largest absolute Gasteiger partial charge is 6.00 e. The Bertz CT molecular complexity index is 196. The third-order valence-corrected chi connectivity index (χ3v) is 1.12. The Labute approximate surface area is 110 Å². The van der Waals surface area contributed by atoms with E-state index in [0.29, 0.717) is 0 Å². The van der Waals surface area contributed by atoms with Crippen LogP contribution in [0, 0.1) is 0 Å². The van der Waals surface area contributed by atoms with Crippen LogP contribution >= 0.6 is 0 Å². The molecule has 0 saturated heterocycles. The van der Waals surface area contributed by atoms with Crippen molar-refractivity contribution >= 4 is 5.69 Å². The van der Waals surface area contributed by atoms with E-state index in [-0.39, 0.29) is 56.4 Å². The number of benzene rings is 1. The molecular formula is C7H21N7ORu. The summed E-state index contributed by atoms with van der Waals surface area (Å²) in [4.78, 5) is 0. The van der Waals surface area contributed by atoms with Gasteiger partial charge in [-0.1, -0.05) is 0 Å². The predicted molar refractivity (Wildman–Crippen MR) is 69.1 cm³/mol. The first-order valence-corrected chi connectivity index (χ1v) is 2.72. The van der Waals surface area contributed by atoms with Crippen molar-refractivity contribution in [1.82, 2.24) is 0 Å². The van der Waals surface area contributed by atoms with Crippen molar-refractivity contribution in [3.05, 3.63) is 61.2 Å². The van der Waals surface area contributed by atoms with Gasteiger partial charge in [0, 0.05) is 5.69 Å². The SMILES string of the molecule is COc1ccc(N)cc1.[NH2-].[NH2-].[NH2-].[NH2-].[NH2-].[NH2-].[Ru+6]. The number of anilines is 1. The fourth-order valence-electron chi connectivity index (χ4n) is 0.604. The molecule has 14 N–H and O–H groups in total. The summed E-state index contributed by atoms with van der Waals surface area (Å²) in [6, 6.07) is 7.27. The van der Waals surface area contributed by atoms with Gasteiger partial charge in [0.1, 0.15) is 5.75 Å². The smallest absolute Gasteiger partial charge is 0.693 e. The van der Waals surface area contributed by atoms with Crippen molar-refractivity contribution in [2.24, 2.45) is 0 Å². The molecule has 0 heterocycles. The van der Waals surface area contributed by atoms with Crippen molar-refractivity contribution in [2.75, 3.05) is 12.8 Å². The minimum absolute atomic E-state index is 0. The summed E-state index contributed by atoms with van der Waals surface area (Å²) in [7, 11) is 1.63. The Morgan fingerprint density at radius 1 is 0.812 bits per heavy atom. The topological polar surface area (TPSA) is 236 Å². The van der Waals surface area contributed by atoms with Gasteiger partial charge in [0.2, 0.25) is 0 Å². The molecular weight excluding hydrogens is 299 g/mol. The van der Waals surface area contributed by atoms with E-state index in [1.807, 2.05) is 12.1 Å². The summed E-state index contributed by atoms with van der Waals surface area (Å²) >= 11 is 0. The average Bonchev–Trinajstić information content (AvgIpc) is 1.90. The van der Waals surface area contributed by atoms with Crippen molar-refractivity contribution in [2.45, 2.75) is 0 Å². The molecule has 0 aromatic heterocycles. The normalized spacial score (nSPS) is 5.06. The van der Waals surface area contributed by atoms with Crippen LogP contribution in [0.5, 0.6) is 5.75 Å². The fourth-order valence-corrected chi connectivity index (χ4v) is 0.604. The van der Waals surface area contributed by atoms with Crippen LogP contribution in [0.25, 0.3) is 36.9 Å². The molecule has 9 heteroatoms. The molecule has 0 aliphatic carbocycles. The number of ether oxygens (including phenoxy) is 1. The number of methoxy groups -OCH3 is 1. The second-order valence-electron chi connectivity index (χ2n) is 1.77. The minimum Gasteiger partial charge on any atom is -0.693 e. The van der Waals surface area contributed by atoms with Gasteiger partial charge >= 0.3 is 19.5 Å². The zero-order valence-corrected chi connectivity index (χ0v) is 10.9. The maximum Gasteiger partial charge on any atom is 6.00 e. The molecule has 1 aromatic rings. The van der Waals surface area contributed by atoms with Gasteiger partial charge in [-0.25, -0.2) is 0 Å². The summed E-state index contributed by atoms with van der Waals surface area (Å²) in [5.41, 5.74) is 6.19. The van der Waals surface area contributed by atoms with Gasteiger partial charge in [-0.05, 0) is 24.3 Å². The van der Waals surface area contributed by atoms with Crippen LogP contribution in [0.1, 0.15) is 0 Å². The molecule has 0 spiro atoms. The van der Waals surface area contributed by atoms with E-state index in [4.69, 9.17) is 10.5 Å². The Kier molecular flexibility index (Phi) is 67.7. The Morgan fingerprint density at radius 3 is 1.38 bits per heavy atom. The van der Waals surface area contributed by atoms with Gasteiger partial charge in [-0.3, -0.25) is 0 Å². The van der Waals surface area contributed by atoms with Gasteiger partial charge in [-0.15, -0.1) is 0 Å². The van der Waals surface area contributed by atoms with Crippen LogP contribution in [0.2, 0.25) is 0 Å². The van der Waals surface area contributed by atoms with Gasteiger partial charge in [0.25, 0.3) is 0 Å². The molecule has 1 aromatic carbocycles. The van der Waals surface area contributed by atoms with Crippen LogP contribution < -0.4 is 10.5 Å². The van der Waals surface area contributed by atoms with Crippen molar-refractivity contribution in [1.29, 1.82) is 0 Å². The van der Waals surface area contributed by atoms with Gasteiger partial charge in [0.15, 0.2) is 0 Å². The summed E-state index contributed by atoms with van der Waals surface area (Å²) in [5.74, 6) is 0.837. The molecule has 0 unspecified atom stereocenters. The van der Waals surface area contributed by atoms with E-state index < -0.39 is 0 Å². The first-order chi connectivity index (χ1) is 4.33. The third-order valence-electron chi connectivity index (χ3n) is 1.12. The van der Waals surface area contributed by atoms with Crippen LogP contribution in [-0.4, -0.2) is 7.11 Å². The van der Waals surface area contributed by atoms with Crippen molar-refractivity contribution in [3.8, 4) is 5.75 Å². The number of nitrogens with two attached hydrogens (primary N) is 7. The Morgan fingerprint density at radius 2 is 1.12 bits per heavy atom. The maximum atomic E-state index is 5.43. The third kappa shape index (κ3) is 15.7. The zero-order chi connectivity index (χ0) is 6.69. The van der Waals surface area contributed by atoms with E-state index in [2.05, 4.69) is 0 Å². The van der Waals surface area contributed by atoms with E-state index in [1.54, 1.807) is 19.2 Å². The molecule has 8 nitrogen and oxygen atoms in total. The maximum absolute atomic E-state index is 5.43. The molecule has 0 fully saturated rings. The average molecular weight is 320 g/mol. The van der Waals surface area contributed by atoms with Crippen LogP contribution in [-0.2, 0) is 19.5 Å². The molecule has 0 atom stereocenters. The number of hydrogen-bond donors (Lipinski definition) is 1. The second kappa shape index (κ2) is 23.8. The molecule has 0 amide bonds. The minimum atomic E-state index is 0. The fraction of sp³-hybridized carbons (Fsp3) is 0.143. The monoisotopic (exact) mass is 321 g/mol. The van der Waals surface area contributed by atoms with Gasteiger partial charge in [-0.2, -0.15) is 0 Å². The molecule has 98 valence electrons. The van der Waals surface area contributed by atoms with Crippen molar-refractivity contribution < 1.29 is 24.2 Å². The van der Waals surface area contributed by atoms with Crippen LogP contribution in [0.15, 0.2) is 24.3 Å². The summed E-state index contributed by atoms with van der Waals surface area (Å²) in [6.07, 6.45) is 0. The number of nitrogen functional groups attached to an aromatic ring is 1. The zero-order valence-electron chi connectivity index (χ0n) is 9.11. The molecule has 16 heavy (non-hydrogen) atoms. The Hall–Kier alpha value is -0.797. The van der Waals surface area contributed by atoms with Gasteiger partial charge < -0.3 is 47.4 Å². The van der Waals surface area contributed by atoms with Crippen molar-refractivity contribution in [3.63, 3.8) is 0 Å². The first-order valence-electron chi connectivity index (χ1n) is 2.72. The van der Waals surface area contributed by atoms with E-state index >= 15 is 0 Å². The van der Waals surface area contributed by atoms with E-state index in [0.717, 1.165) is 11.4 Å². The van der Waals surface area contributed by atoms with E-state index in [1.165, 1.54) is 0 Å². The second-order valence-corrected chi connectivity index (χ2v) is 1.77.